The summed E-state index contributed by atoms with van der Waals surface area (Å²) < 4.78 is 5.29. The maximum absolute atomic E-state index is 12.1. The van der Waals surface area contributed by atoms with Crippen molar-refractivity contribution in [2.45, 2.75) is 0 Å². The van der Waals surface area contributed by atoms with Gasteiger partial charge in [0.1, 0.15) is 12.1 Å². The van der Waals surface area contributed by atoms with E-state index in [4.69, 9.17) is 14.9 Å². The zero-order chi connectivity index (χ0) is 16.9. The summed E-state index contributed by atoms with van der Waals surface area (Å²) in [5.74, 6) is 0.118. The number of aromatic nitrogens is 1. The zero-order valence-corrected chi connectivity index (χ0v) is 12.2. The molecule has 7 heteroatoms. The molecule has 114 valence electrons. The Morgan fingerprint density at radius 2 is 1.79 bits per heavy atom. The van der Waals surface area contributed by atoms with Crippen molar-refractivity contribution in [2.75, 3.05) is 5.43 Å². The minimum atomic E-state index is -0.497. The van der Waals surface area contributed by atoms with Crippen LogP contribution in [0.25, 0.3) is 22.4 Å². The van der Waals surface area contributed by atoms with E-state index in [1.807, 2.05) is 0 Å². The van der Waals surface area contributed by atoms with Gasteiger partial charge in [-0.2, -0.15) is 15.6 Å². The van der Waals surface area contributed by atoms with Gasteiger partial charge in [-0.15, -0.1) is 0 Å². The molecule has 0 atom stereocenters. The number of nitrogens with zero attached hydrogens (tertiary/aromatic N) is 4. The van der Waals surface area contributed by atoms with Gasteiger partial charge in [-0.25, -0.2) is 9.78 Å². The summed E-state index contributed by atoms with van der Waals surface area (Å²) >= 11 is 0. The first-order valence-corrected chi connectivity index (χ1v) is 6.86. The van der Waals surface area contributed by atoms with Crippen molar-refractivity contribution in [3.05, 3.63) is 59.0 Å². The Bertz CT molecular complexity index is 1070. The number of fused-ring (bicyclic) bond motifs is 1. The van der Waals surface area contributed by atoms with Crippen LogP contribution in [-0.2, 0) is 0 Å². The number of nitriles is 2. The summed E-state index contributed by atoms with van der Waals surface area (Å²) in [5, 5.41) is 21.5. The molecule has 0 aliphatic rings. The summed E-state index contributed by atoms with van der Waals surface area (Å²) in [4.78, 5) is 16.5. The Morgan fingerprint density at radius 1 is 1.08 bits per heavy atom. The highest BCUT2D eigenvalue weighted by atomic mass is 16.4. The van der Waals surface area contributed by atoms with Gasteiger partial charge in [0.15, 0.2) is 0 Å². The van der Waals surface area contributed by atoms with Gasteiger partial charge >= 0.3 is 5.63 Å². The van der Waals surface area contributed by atoms with Gasteiger partial charge in [0, 0.05) is 0 Å². The van der Waals surface area contributed by atoms with Crippen LogP contribution in [0, 0.1) is 22.7 Å². The van der Waals surface area contributed by atoms with E-state index in [1.165, 1.54) is 0 Å². The predicted octanol–water partition coefficient (Wildman–Crippen LogP) is 2.67. The van der Waals surface area contributed by atoms with Crippen LogP contribution in [0.5, 0.6) is 0 Å². The van der Waals surface area contributed by atoms with Crippen LogP contribution in [0.4, 0.5) is 5.69 Å². The van der Waals surface area contributed by atoms with Crippen LogP contribution in [0.3, 0.4) is 0 Å². The number of hydrogen-bond donors (Lipinski definition) is 1. The standard InChI is InChI=1S/C17H9N5O2/c18-9-11(10-19)21-22-15-8-4-1-5-12(15)16-20-14-7-3-2-6-13(14)17(23)24-16/h1-8,22H. The van der Waals surface area contributed by atoms with Crippen LogP contribution >= 0.6 is 0 Å². The highest BCUT2D eigenvalue weighted by Gasteiger charge is 2.12. The van der Waals surface area contributed by atoms with Crippen molar-refractivity contribution in [3.8, 4) is 23.6 Å². The topological polar surface area (TPSA) is 115 Å². The van der Waals surface area contributed by atoms with E-state index in [0.29, 0.717) is 22.2 Å². The summed E-state index contributed by atoms with van der Waals surface area (Å²) in [6.07, 6.45) is 0. The maximum atomic E-state index is 12.1. The van der Waals surface area contributed by atoms with Crippen LogP contribution in [-0.4, -0.2) is 10.7 Å². The predicted molar refractivity (Wildman–Crippen MR) is 88.0 cm³/mol. The lowest BCUT2D eigenvalue weighted by Crippen LogP contribution is -2.04. The van der Waals surface area contributed by atoms with E-state index in [0.717, 1.165) is 0 Å². The van der Waals surface area contributed by atoms with Gasteiger partial charge < -0.3 is 4.42 Å². The Labute approximate surface area is 136 Å². The molecule has 0 amide bonds. The highest BCUT2D eigenvalue weighted by molar-refractivity contribution is 6.10. The quantitative estimate of drug-likeness (QED) is 0.587. The van der Waals surface area contributed by atoms with Gasteiger partial charge in [0.2, 0.25) is 11.6 Å². The van der Waals surface area contributed by atoms with Gasteiger partial charge in [0.05, 0.1) is 22.2 Å². The molecule has 0 fully saturated rings. The number of benzene rings is 2. The molecule has 0 aliphatic carbocycles. The van der Waals surface area contributed by atoms with E-state index in [9.17, 15) is 4.79 Å². The molecular formula is C17H9N5O2. The minimum absolute atomic E-state index is 0.118. The van der Waals surface area contributed by atoms with E-state index >= 15 is 0 Å². The summed E-state index contributed by atoms with van der Waals surface area (Å²) in [6, 6.07) is 17.0. The average Bonchev–Trinajstić information content (AvgIpc) is 2.63. The van der Waals surface area contributed by atoms with Gasteiger partial charge in [-0.05, 0) is 24.3 Å². The molecule has 0 saturated carbocycles. The zero-order valence-electron chi connectivity index (χ0n) is 12.2. The molecule has 0 aliphatic heterocycles. The molecule has 0 spiro atoms. The smallest absolute Gasteiger partial charge is 0.347 e. The summed E-state index contributed by atoms with van der Waals surface area (Å²) in [5.41, 5.74) is 3.25. The number of rotatable bonds is 3. The molecule has 1 heterocycles. The lowest BCUT2D eigenvalue weighted by atomic mass is 10.1. The Balaban J connectivity index is 2.11. The Hall–Kier alpha value is -3.97. The van der Waals surface area contributed by atoms with E-state index in [-0.39, 0.29) is 11.6 Å². The van der Waals surface area contributed by atoms with Crippen LogP contribution in [0.1, 0.15) is 0 Å². The molecule has 3 aromatic rings. The van der Waals surface area contributed by atoms with Gasteiger partial charge in [0.25, 0.3) is 0 Å². The number of para-hydroxylation sites is 2. The van der Waals surface area contributed by atoms with Crippen molar-refractivity contribution >= 4 is 22.3 Å². The molecule has 0 unspecified atom stereocenters. The first-order valence-electron chi connectivity index (χ1n) is 6.86. The maximum Gasteiger partial charge on any atom is 0.347 e. The second-order valence-electron chi connectivity index (χ2n) is 4.67. The second-order valence-corrected chi connectivity index (χ2v) is 4.67. The molecule has 3 rings (SSSR count). The fourth-order valence-electron chi connectivity index (χ4n) is 2.09. The van der Waals surface area contributed by atoms with Crippen molar-refractivity contribution in [1.29, 1.82) is 10.5 Å². The minimum Gasteiger partial charge on any atom is -0.403 e. The van der Waals surface area contributed by atoms with Crippen LogP contribution in [0.15, 0.2) is 62.8 Å². The fraction of sp³-hybridized carbons (Fsp3) is 0. The monoisotopic (exact) mass is 315 g/mol. The number of anilines is 1. The summed E-state index contributed by atoms with van der Waals surface area (Å²) in [6.45, 7) is 0. The SMILES string of the molecule is N#CC(C#N)=NNc1ccccc1-c1nc2ccccc2c(=O)o1. The first kappa shape index (κ1) is 14.9. The number of nitrogens with one attached hydrogen (secondary N) is 1. The lowest BCUT2D eigenvalue weighted by Gasteiger charge is -2.07. The van der Waals surface area contributed by atoms with E-state index in [1.54, 1.807) is 60.7 Å². The van der Waals surface area contributed by atoms with Crippen LogP contribution < -0.4 is 11.1 Å². The average molecular weight is 315 g/mol. The Kier molecular flexibility index (Phi) is 4.00. The first-order chi connectivity index (χ1) is 11.7. The lowest BCUT2D eigenvalue weighted by molar-refractivity contribution is 0.518. The van der Waals surface area contributed by atoms with Crippen molar-refractivity contribution in [3.63, 3.8) is 0 Å². The normalized spacial score (nSPS) is 9.75. The van der Waals surface area contributed by atoms with Gasteiger partial charge in [-0.3, -0.25) is 5.43 Å². The van der Waals surface area contributed by atoms with Crippen molar-refractivity contribution in [2.24, 2.45) is 5.10 Å². The van der Waals surface area contributed by atoms with Gasteiger partial charge in [-0.1, -0.05) is 24.3 Å². The molecule has 0 saturated heterocycles. The molecular weight excluding hydrogens is 306 g/mol. The molecule has 0 radical (unpaired) electrons. The van der Waals surface area contributed by atoms with Crippen LogP contribution in [0.2, 0.25) is 0 Å². The molecule has 1 aromatic heterocycles. The number of hydrogen-bond acceptors (Lipinski definition) is 7. The van der Waals surface area contributed by atoms with E-state index < -0.39 is 5.63 Å². The largest absolute Gasteiger partial charge is 0.403 e. The third-order valence-electron chi connectivity index (χ3n) is 3.19. The molecule has 7 nitrogen and oxygen atoms in total. The highest BCUT2D eigenvalue weighted by Crippen LogP contribution is 2.26. The second kappa shape index (κ2) is 6.42. The third-order valence-corrected chi connectivity index (χ3v) is 3.19. The third kappa shape index (κ3) is 2.82. The molecule has 0 bridgehead atoms. The molecule has 2 aromatic carbocycles. The summed E-state index contributed by atoms with van der Waals surface area (Å²) in [7, 11) is 0. The van der Waals surface area contributed by atoms with E-state index in [2.05, 4.69) is 15.5 Å². The molecule has 1 N–H and O–H groups in total. The fourth-order valence-corrected chi connectivity index (χ4v) is 2.09. The Morgan fingerprint density at radius 3 is 2.58 bits per heavy atom. The van der Waals surface area contributed by atoms with Crippen molar-refractivity contribution < 1.29 is 4.42 Å². The van der Waals surface area contributed by atoms with Crippen molar-refractivity contribution in [1.82, 2.24) is 4.98 Å². The molecule has 24 heavy (non-hydrogen) atoms. The number of hydrazone groups is 1.